The van der Waals surface area contributed by atoms with E-state index in [2.05, 4.69) is 5.32 Å². The number of methoxy groups -OCH3 is 1. The summed E-state index contributed by atoms with van der Waals surface area (Å²) in [6, 6.07) is 5.21. The first kappa shape index (κ1) is 15.7. The Kier molecular flexibility index (Phi) is 5.98. The maximum Gasteiger partial charge on any atom is 0.235 e. The van der Waals surface area contributed by atoms with Gasteiger partial charge in [-0.2, -0.15) is 0 Å². The molecule has 3 N–H and O–H groups in total. The molecular weight excluding hydrogens is 264 g/mol. The van der Waals surface area contributed by atoms with Gasteiger partial charge in [-0.25, -0.2) is 0 Å². The molecule has 2 atom stereocenters. The van der Waals surface area contributed by atoms with Gasteiger partial charge in [0.25, 0.3) is 0 Å². The summed E-state index contributed by atoms with van der Waals surface area (Å²) in [6.45, 7) is 4.33. The van der Waals surface area contributed by atoms with Gasteiger partial charge in [0.2, 0.25) is 5.91 Å². The zero-order valence-corrected chi connectivity index (χ0v) is 12.3. The number of hydrogen-bond acceptors (Lipinski definition) is 4. The molecule has 1 amide bonds. The number of nitrogens with two attached hydrogens (primary N) is 1. The van der Waals surface area contributed by atoms with Crippen LogP contribution >= 0.6 is 0 Å². The van der Waals surface area contributed by atoms with Gasteiger partial charge >= 0.3 is 0 Å². The second-order valence-corrected chi connectivity index (χ2v) is 5.99. The van der Waals surface area contributed by atoms with Crippen LogP contribution in [0.15, 0.2) is 23.1 Å². The Hall–Kier alpha value is -1.40. The van der Waals surface area contributed by atoms with E-state index in [-0.39, 0.29) is 5.91 Å². The van der Waals surface area contributed by atoms with Crippen LogP contribution in [-0.2, 0) is 20.3 Å². The minimum absolute atomic E-state index is 0.253. The predicted molar refractivity (Wildman–Crippen MR) is 76.3 cm³/mol. The Balaban J connectivity index is 2.76. The number of carbonyl (C=O) groups is 1. The Morgan fingerprint density at radius 3 is 2.84 bits per heavy atom. The van der Waals surface area contributed by atoms with E-state index >= 15 is 0 Å². The predicted octanol–water partition coefficient (Wildman–Crippen LogP) is 0.836. The Morgan fingerprint density at radius 2 is 2.21 bits per heavy atom. The van der Waals surface area contributed by atoms with Crippen molar-refractivity contribution in [2.24, 2.45) is 0 Å². The summed E-state index contributed by atoms with van der Waals surface area (Å²) in [4.78, 5) is 12.4. The summed E-state index contributed by atoms with van der Waals surface area (Å²) in [6.07, 6.45) is 0. The third-order valence-corrected chi connectivity index (χ3v) is 4.45. The molecule has 0 fully saturated rings. The van der Waals surface area contributed by atoms with E-state index in [4.69, 9.17) is 10.5 Å². The smallest absolute Gasteiger partial charge is 0.235 e. The number of rotatable bonds is 6. The Labute approximate surface area is 116 Å². The zero-order valence-electron chi connectivity index (χ0n) is 11.4. The number of carbonyl (C=O) groups excluding carboxylic acids is 1. The highest BCUT2D eigenvalue weighted by molar-refractivity contribution is 7.86. The Bertz CT molecular complexity index is 477. The third kappa shape index (κ3) is 4.33. The molecule has 0 heterocycles. The second-order valence-electron chi connectivity index (χ2n) is 4.25. The molecule has 0 spiro atoms. The first-order valence-electron chi connectivity index (χ1n) is 6.00. The highest BCUT2D eigenvalue weighted by Gasteiger charge is 2.22. The normalized spacial score (nSPS) is 13.8. The van der Waals surface area contributed by atoms with Crippen molar-refractivity contribution in [3.63, 3.8) is 0 Å². The van der Waals surface area contributed by atoms with Crippen molar-refractivity contribution in [3.05, 3.63) is 23.8 Å². The van der Waals surface area contributed by atoms with E-state index in [0.717, 1.165) is 5.56 Å². The standard InChI is InChI=1S/C13H20N2O3S/c1-9-4-5-11(14)8-12(9)19(17)10(2)13(16)15-6-7-18-3/h4-5,8,10H,6-7,14H2,1-3H3,(H,15,16). The maximum atomic E-state index is 12.4. The molecule has 0 aromatic heterocycles. The van der Waals surface area contributed by atoms with Crippen molar-refractivity contribution in [2.75, 3.05) is 26.0 Å². The quantitative estimate of drug-likeness (QED) is 0.599. The van der Waals surface area contributed by atoms with E-state index in [1.54, 1.807) is 32.2 Å². The van der Waals surface area contributed by atoms with Gasteiger partial charge in [0, 0.05) is 24.2 Å². The Morgan fingerprint density at radius 1 is 1.53 bits per heavy atom. The van der Waals surface area contributed by atoms with Crippen LogP contribution in [0.5, 0.6) is 0 Å². The average Bonchev–Trinajstić information content (AvgIpc) is 2.40. The van der Waals surface area contributed by atoms with Crippen molar-refractivity contribution in [1.82, 2.24) is 5.32 Å². The minimum atomic E-state index is -1.42. The second kappa shape index (κ2) is 7.25. The molecule has 0 aliphatic heterocycles. The van der Waals surface area contributed by atoms with Gasteiger partial charge in [0.1, 0.15) is 5.25 Å². The van der Waals surface area contributed by atoms with Gasteiger partial charge in [-0.05, 0) is 31.5 Å². The molecule has 106 valence electrons. The van der Waals surface area contributed by atoms with Crippen molar-refractivity contribution in [1.29, 1.82) is 0 Å². The number of benzene rings is 1. The molecule has 0 aliphatic rings. The summed E-state index contributed by atoms with van der Waals surface area (Å²) in [5.41, 5.74) is 7.10. The van der Waals surface area contributed by atoms with Crippen molar-refractivity contribution in [2.45, 2.75) is 24.0 Å². The lowest BCUT2D eigenvalue weighted by molar-refractivity contribution is -0.120. The van der Waals surface area contributed by atoms with E-state index < -0.39 is 16.0 Å². The summed E-state index contributed by atoms with van der Waals surface area (Å²) in [7, 11) is 0.141. The fourth-order valence-corrected chi connectivity index (χ4v) is 2.84. The van der Waals surface area contributed by atoms with Gasteiger partial charge in [-0.3, -0.25) is 9.00 Å². The number of nitrogens with one attached hydrogen (secondary N) is 1. The van der Waals surface area contributed by atoms with Gasteiger partial charge in [-0.1, -0.05) is 6.07 Å². The number of nitrogen functional groups attached to an aromatic ring is 1. The topological polar surface area (TPSA) is 81.4 Å². The highest BCUT2D eigenvalue weighted by Crippen LogP contribution is 2.19. The molecule has 1 rings (SSSR count). The van der Waals surface area contributed by atoms with Gasteiger partial charge in [-0.15, -0.1) is 0 Å². The zero-order chi connectivity index (χ0) is 14.4. The van der Waals surface area contributed by atoms with Gasteiger partial charge in [0.15, 0.2) is 0 Å². The lowest BCUT2D eigenvalue weighted by Crippen LogP contribution is -2.37. The van der Waals surface area contributed by atoms with Gasteiger partial charge in [0.05, 0.1) is 17.4 Å². The SMILES string of the molecule is COCCNC(=O)C(C)S(=O)c1cc(N)ccc1C. The summed E-state index contributed by atoms with van der Waals surface area (Å²) < 4.78 is 17.2. The lowest BCUT2D eigenvalue weighted by Gasteiger charge is -2.14. The molecule has 2 unspecified atom stereocenters. The van der Waals surface area contributed by atoms with Crippen molar-refractivity contribution >= 4 is 22.4 Å². The van der Waals surface area contributed by atoms with Crippen LogP contribution in [0, 0.1) is 6.92 Å². The molecule has 1 aromatic rings. The number of ether oxygens (including phenoxy) is 1. The van der Waals surface area contributed by atoms with Crippen LogP contribution in [0.2, 0.25) is 0 Å². The summed E-state index contributed by atoms with van der Waals surface area (Å²) in [5.74, 6) is -0.253. The van der Waals surface area contributed by atoms with Gasteiger partial charge < -0.3 is 15.8 Å². The van der Waals surface area contributed by atoms with Crippen LogP contribution in [0.1, 0.15) is 12.5 Å². The monoisotopic (exact) mass is 284 g/mol. The fourth-order valence-electron chi connectivity index (χ4n) is 1.54. The minimum Gasteiger partial charge on any atom is -0.399 e. The molecule has 0 saturated heterocycles. The molecular formula is C13H20N2O3S. The molecule has 0 bridgehead atoms. The van der Waals surface area contributed by atoms with Crippen LogP contribution < -0.4 is 11.1 Å². The first-order chi connectivity index (χ1) is 8.97. The van der Waals surface area contributed by atoms with Crippen LogP contribution in [0.3, 0.4) is 0 Å². The number of hydrogen-bond donors (Lipinski definition) is 2. The molecule has 19 heavy (non-hydrogen) atoms. The van der Waals surface area contributed by atoms with Crippen LogP contribution in [-0.4, -0.2) is 35.6 Å². The number of amides is 1. The van der Waals surface area contributed by atoms with Crippen molar-refractivity contribution in [3.8, 4) is 0 Å². The third-order valence-electron chi connectivity index (χ3n) is 2.72. The maximum absolute atomic E-state index is 12.4. The van der Waals surface area contributed by atoms with Crippen LogP contribution in [0.25, 0.3) is 0 Å². The number of anilines is 1. The van der Waals surface area contributed by atoms with Crippen LogP contribution in [0.4, 0.5) is 5.69 Å². The molecule has 0 aliphatic carbocycles. The van der Waals surface area contributed by atoms with E-state index in [1.807, 2.05) is 6.92 Å². The summed E-state index contributed by atoms with van der Waals surface area (Å²) >= 11 is 0. The van der Waals surface area contributed by atoms with Crippen molar-refractivity contribution < 1.29 is 13.7 Å². The molecule has 6 heteroatoms. The molecule has 5 nitrogen and oxygen atoms in total. The van der Waals surface area contributed by atoms with E-state index in [0.29, 0.717) is 23.7 Å². The largest absolute Gasteiger partial charge is 0.399 e. The molecule has 0 saturated carbocycles. The summed E-state index contributed by atoms with van der Waals surface area (Å²) in [5, 5.41) is 2.05. The van der Waals surface area contributed by atoms with E-state index in [9.17, 15) is 9.00 Å². The lowest BCUT2D eigenvalue weighted by atomic mass is 10.2. The first-order valence-corrected chi connectivity index (χ1v) is 7.22. The highest BCUT2D eigenvalue weighted by atomic mass is 32.2. The molecule has 1 aromatic carbocycles. The number of aryl methyl sites for hydroxylation is 1. The fraction of sp³-hybridized carbons (Fsp3) is 0.462. The average molecular weight is 284 g/mol. The van der Waals surface area contributed by atoms with E-state index in [1.165, 1.54) is 0 Å². The molecule has 0 radical (unpaired) electrons.